The van der Waals surface area contributed by atoms with Gasteiger partial charge in [0.1, 0.15) is 0 Å². The molecule has 2 rings (SSSR count). The van der Waals surface area contributed by atoms with Gasteiger partial charge in [0.05, 0.1) is 11.7 Å². The molecule has 0 amide bonds. The number of hydrogen-bond acceptors (Lipinski definition) is 2. The molecule has 0 aromatic heterocycles. The van der Waals surface area contributed by atoms with Crippen LogP contribution < -0.4 is 0 Å². The average molecular weight is 306 g/mol. The van der Waals surface area contributed by atoms with E-state index in [0.717, 1.165) is 24.8 Å². The molecule has 5 atom stereocenters. The summed E-state index contributed by atoms with van der Waals surface area (Å²) < 4.78 is 0. The zero-order valence-corrected chi connectivity index (χ0v) is 15.0. The van der Waals surface area contributed by atoms with Crippen LogP contribution in [0.1, 0.15) is 66.7 Å². The fraction of sp³-hybridized carbons (Fsp3) is 0.800. The second kappa shape index (κ2) is 5.79. The summed E-state index contributed by atoms with van der Waals surface area (Å²) in [5.74, 6) is 0.551. The molecule has 2 saturated carbocycles. The molecule has 0 aromatic carbocycles. The summed E-state index contributed by atoms with van der Waals surface area (Å²) in [5.41, 5.74) is 0.449. The van der Waals surface area contributed by atoms with Crippen molar-refractivity contribution in [1.29, 1.82) is 0 Å². The molecule has 0 radical (unpaired) electrons. The summed E-state index contributed by atoms with van der Waals surface area (Å²) in [5, 5.41) is 21.7. The predicted molar refractivity (Wildman–Crippen MR) is 92.5 cm³/mol. The van der Waals surface area contributed by atoms with E-state index < -0.39 is 11.7 Å². The first-order chi connectivity index (χ1) is 10.1. The largest absolute Gasteiger partial charge is 0.390 e. The molecular formula is C20H34O2. The molecule has 2 N–H and O–H groups in total. The number of rotatable bonds is 3. The summed E-state index contributed by atoms with van der Waals surface area (Å²) in [7, 11) is 0. The van der Waals surface area contributed by atoms with Gasteiger partial charge in [0.25, 0.3) is 0 Å². The molecule has 0 heterocycles. The Balaban J connectivity index is 2.42. The van der Waals surface area contributed by atoms with Gasteiger partial charge in [0, 0.05) is 0 Å². The maximum absolute atomic E-state index is 11.1. The second-order valence-electron chi connectivity index (χ2n) is 8.82. The molecule has 2 fully saturated rings. The van der Waals surface area contributed by atoms with Crippen LogP contribution >= 0.6 is 0 Å². The van der Waals surface area contributed by atoms with Crippen LogP contribution in [0.4, 0.5) is 0 Å². The summed E-state index contributed by atoms with van der Waals surface area (Å²) in [4.78, 5) is 0. The van der Waals surface area contributed by atoms with Gasteiger partial charge in [-0.25, -0.2) is 0 Å². The lowest BCUT2D eigenvalue weighted by atomic mass is 9.44. The van der Waals surface area contributed by atoms with Crippen LogP contribution in [0.2, 0.25) is 0 Å². The molecule has 2 nitrogen and oxygen atoms in total. The second-order valence-corrected chi connectivity index (χ2v) is 8.82. The smallest absolute Gasteiger partial charge is 0.0913 e. The third-order valence-electron chi connectivity index (χ3n) is 6.91. The topological polar surface area (TPSA) is 40.5 Å². The Labute approximate surface area is 136 Å². The molecular weight excluding hydrogens is 272 g/mol. The Bertz CT molecular complexity index is 460. The zero-order chi connectivity index (χ0) is 16.8. The summed E-state index contributed by atoms with van der Waals surface area (Å²) in [6.07, 6.45) is 8.51. The van der Waals surface area contributed by atoms with Crippen molar-refractivity contribution in [2.45, 2.75) is 78.4 Å². The van der Waals surface area contributed by atoms with E-state index >= 15 is 0 Å². The van der Waals surface area contributed by atoms with E-state index in [4.69, 9.17) is 0 Å². The van der Waals surface area contributed by atoms with Gasteiger partial charge < -0.3 is 10.2 Å². The molecule has 2 aliphatic carbocycles. The SMILES string of the molecule is C=C/C(C)=C/C[C@H]1[C@](C)(O)[C@H](O)C[C@H]2C(C)(C)CCC[C@@]21C. The summed E-state index contributed by atoms with van der Waals surface area (Å²) >= 11 is 0. The molecule has 22 heavy (non-hydrogen) atoms. The van der Waals surface area contributed by atoms with Gasteiger partial charge in [-0.15, -0.1) is 0 Å². The molecule has 0 spiro atoms. The van der Waals surface area contributed by atoms with Crippen molar-refractivity contribution in [2.24, 2.45) is 22.7 Å². The Morgan fingerprint density at radius 1 is 1.23 bits per heavy atom. The number of hydrogen-bond donors (Lipinski definition) is 2. The lowest BCUT2D eigenvalue weighted by molar-refractivity contribution is -0.217. The van der Waals surface area contributed by atoms with Crippen LogP contribution in [0.5, 0.6) is 0 Å². The van der Waals surface area contributed by atoms with E-state index in [1.165, 1.54) is 12.8 Å². The van der Waals surface area contributed by atoms with Crippen molar-refractivity contribution in [3.8, 4) is 0 Å². The van der Waals surface area contributed by atoms with E-state index in [-0.39, 0.29) is 16.7 Å². The van der Waals surface area contributed by atoms with Crippen LogP contribution in [0, 0.1) is 22.7 Å². The fourth-order valence-electron chi connectivity index (χ4n) is 5.43. The Morgan fingerprint density at radius 3 is 2.45 bits per heavy atom. The van der Waals surface area contributed by atoms with Gasteiger partial charge in [-0.05, 0) is 62.2 Å². The zero-order valence-electron chi connectivity index (χ0n) is 15.0. The van der Waals surface area contributed by atoms with Crippen molar-refractivity contribution >= 4 is 0 Å². The highest BCUT2D eigenvalue weighted by molar-refractivity contribution is 5.17. The molecule has 0 bridgehead atoms. The lowest BCUT2D eigenvalue weighted by Crippen LogP contribution is -2.63. The number of fused-ring (bicyclic) bond motifs is 1. The standard InChI is InChI=1S/C20H34O2/c1-7-14(2)9-10-15-19(5)12-8-11-18(3,4)16(19)13-17(21)20(15,6)22/h7,9,15-17,21-22H,1,8,10-13H2,2-6H3/b14-9+/t15-,16+,17-,19-,20+/m1/s1. The fourth-order valence-corrected chi connectivity index (χ4v) is 5.43. The van der Waals surface area contributed by atoms with E-state index in [0.29, 0.717) is 5.92 Å². The molecule has 126 valence electrons. The molecule has 0 aliphatic heterocycles. The number of aliphatic hydroxyl groups excluding tert-OH is 1. The highest BCUT2D eigenvalue weighted by atomic mass is 16.3. The third kappa shape index (κ3) is 2.80. The van der Waals surface area contributed by atoms with Gasteiger partial charge in [-0.2, -0.15) is 0 Å². The predicted octanol–water partition coefficient (Wildman–Crippen LogP) is 4.47. The minimum Gasteiger partial charge on any atom is -0.390 e. The Hall–Kier alpha value is -0.600. The lowest BCUT2D eigenvalue weighted by Gasteiger charge is -2.62. The van der Waals surface area contributed by atoms with Crippen LogP contribution in [0.15, 0.2) is 24.3 Å². The quantitative estimate of drug-likeness (QED) is 0.755. The molecule has 0 aromatic rings. The first-order valence-corrected chi connectivity index (χ1v) is 8.75. The highest BCUT2D eigenvalue weighted by Crippen LogP contribution is 2.62. The third-order valence-corrected chi connectivity index (χ3v) is 6.91. The average Bonchev–Trinajstić information content (AvgIpc) is 2.40. The minimum absolute atomic E-state index is 0.0857. The summed E-state index contributed by atoms with van der Waals surface area (Å²) in [6, 6.07) is 0. The first kappa shape index (κ1) is 17.7. The van der Waals surface area contributed by atoms with Crippen LogP contribution in [0.25, 0.3) is 0 Å². The van der Waals surface area contributed by atoms with Crippen molar-refractivity contribution in [3.05, 3.63) is 24.3 Å². The molecule has 2 aliphatic rings. The van der Waals surface area contributed by atoms with Gasteiger partial charge in [-0.1, -0.05) is 51.5 Å². The van der Waals surface area contributed by atoms with E-state index in [2.05, 4.69) is 33.4 Å². The number of aliphatic hydroxyl groups is 2. The van der Waals surface area contributed by atoms with Gasteiger partial charge in [-0.3, -0.25) is 0 Å². The maximum Gasteiger partial charge on any atom is 0.0913 e. The van der Waals surface area contributed by atoms with Crippen LogP contribution in [0.3, 0.4) is 0 Å². The minimum atomic E-state index is -1.02. The monoisotopic (exact) mass is 306 g/mol. The van der Waals surface area contributed by atoms with E-state index in [1.54, 1.807) is 0 Å². The normalized spacial score (nSPS) is 45.2. The maximum atomic E-state index is 11.1. The molecule has 0 unspecified atom stereocenters. The first-order valence-electron chi connectivity index (χ1n) is 8.75. The van der Waals surface area contributed by atoms with Crippen molar-refractivity contribution < 1.29 is 10.2 Å². The van der Waals surface area contributed by atoms with E-state index in [9.17, 15) is 10.2 Å². The Morgan fingerprint density at radius 2 is 1.86 bits per heavy atom. The van der Waals surface area contributed by atoms with Crippen molar-refractivity contribution in [1.82, 2.24) is 0 Å². The molecule has 2 heteroatoms. The summed E-state index contributed by atoms with van der Waals surface area (Å²) in [6.45, 7) is 14.7. The van der Waals surface area contributed by atoms with Crippen LogP contribution in [-0.2, 0) is 0 Å². The van der Waals surface area contributed by atoms with Gasteiger partial charge >= 0.3 is 0 Å². The highest BCUT2D eigenvalue weighted by Gasteiger charge is 2.60. The molecule has 0 saturated heterocycles. The Kier molecular flexibility index (Phi) is 4.68. The van der Waals surface area contributed by atoms with Gasteiger partial charge in [0.15, 0.2) is 0 Å². The van der Waals surface area contributed by atoms with Crippen molar-refractivity contribution in [3.63, 3.8) is 0 Å². The van der Waals surface area contributed by atoms with Crippen molar-refractivity contribution in [2.75, 3.05) is 0 Å². The van der Waals surface area contributed by atoms with E-state index in [1.807, 2.05) is 19.9 Å². The van der Waals surface area contributed by atoms with Gasteiger partial charge in [0.2, 0.25) is 0 Å². The van der Waals surface area contributed by atoms with Crippen LogP contribution in [-0.4, -0.2) is 21.9 Å². The number of allylic oxidation sites excluding steroid dienone is 3.